The molecule has 2 aromatic rings. The largest absolute Gasteiger partial charge is 0.464 e. The molecule has 1 aromatic carbocycles. The topological polar surface area (TPSA) is 42.6 Å². The average Bonchev–Trinajstić information content (AvgIpc) is 2.62. The lowest BCUT2D eigenvalue weighted by Gasteiger charge is -2.39. The van der Waals surface area contributed by atoms with Crippen LogP contribution in [0.15, 0.2) is 34.9 Å². The van der Waals surface area contributed by atoms with Crippen molar-refractivity contribution in [2.24, 2.45) is 0 Å². The SMILES string of the molecule is OCC1(c2coc3ccccc23)COC1. The molecule has 1 N–H and O–H groups in total. The summed E-state index contributed by atoms with van der Waals surface area (Å²) in [6, 6.07) is 7.87. The maximum absolute atomic E-state index is 9.45. The van der Waals surface area contributed by atoms with Gasteiger partial charge in [-0.25, -0.2) is 0 Å². The number of furan rings is 1. The third-order valence-electron chi connectivity index (χ3n) is 3.11. The molecule has 3 rings (SSSR count). The molecule has 0 saturated carbocycles. The fraction of sp³-hybridized carbons (Fsp3) is 0.333. The Morgan fingerprint density at radius 3 is 2.73 bits per heavy atom. The van der Waals surface area contributed by atoms with Gasteiger partial charge in [-0.3, -0.25) is 0 Å². The third kappa shape index (κ3) is 1.14. The lowest BCUT2D eigenvalue weighted by Crippen LogP contribution is -2.49. The monoisotopic (exact) mass is 204 g/mol. The van der Waals surface area contributed by atoms with Crippen molar-refractivity contribution in [3.05, 3.63) is 36.1 Å². The van der Waals surface area contributed by atoms with E-state index in [1.165, 1.54) is 0 Å². The van der Waals surface area contributed by atoms with E-state index in [0.29, 0.717) is 13.2 Å². The van der Waals surface area contributed by atoms with Gasteiger partial charge in [0.1, 0.15) is 5.58 Å². The first-order valence-electron chi connectivity index (χ1n) is 5.01. The van der Waals surface area contributed by atoms with Crippen LogP contribution in [-0.2, 0) is 10.2 Å². The molecule has 3 nitrogen and oxygen atoms in total. The minimum Gasteiger partial charge on any atom is -0.464 e. The summed E-state index contributed by atoms with van der Waals surface area (Å²) in [6.45, 7) is 1.26. The van der Waals surface area contributed by atoms with E-state index >= 15 is 0 Å². The number of rotatable bonds is 2. The van der Waals surface area contributed by atoms with Gasteiger partial charge in [0.15, 0.2) is 0 Å². The van der Waals surface area contributed by atoms with Gasteiger partial charge in [0.25, 0.3) is 0 Å². The number of hydrogen-bond donors (Lipinski definition) is 1. The standard InChI is InChI=1S/C12H12O3/c13-6-12(7-14-8-12)10-5-15-11-4-2-1-3-9(10)11/h1-5,13H,6-8H2. The summed E-state index contributed by atoms with van der Waals surface area (Å²) >= 11 is 0. The van der Waals surface area contributed by atoms with Crippen LogP contribution in [0.25, 0.3) is 11.0 Å². The Kier molecular flexibility index (Phi) is 1.84. The Hall–Kier alpha value is -1.32. The van der Waals surface area contributed by atoms with E-state index in [4.69, 9.17) is 9.15 Å². The van der Waals surface area contributed by atoms with E-state index in [-0.39, 0.29) is 12.0 Å². The molecular weight excluding hydrogens is 192 g/mol. The minimum atomic E-state index is -0.243. The van der Waals surface area contributed by atoms with Crippen molar-refractivity contribution in [1.82, 2.24) is 0 Å². The summed E-state index contributed by atoms with van der Waals surface area (Å²) in [7, 11) is 0. The van der Waals surface area contributed by atoms with Crippen LogP contribution < -0.4 is 0 Å². The zero-order chi connectivity index (χ0) is 10.3. The molecule has 0 spiro atoms. The van der Waals surface area contributed by atoms with Gasteiger partial charge in [-0.15, -0.1) is 0 Å². The fourth-order valence-corrected chi connectivity index (χ4v) is 2.07. The Balaban J connectivity index is 2.18. The summed E-state index contributed by atoms with van der Waals surface area (Å²) in [4.78, 5) is 0. The summed E-state index contributed by atoms with van der Waals surface area (Å²) in [5, 5.41) is 10.5. The van der Waals surface area contributed by atoms with Crippen molar-refractivity contribution in [3.8, 4) is 0 Å². The molecule has 1 saturated heterocycles. The van der Waals surface area contributed by atoms with Gasteiger partial charge in [-0.1, -0.05) is 18.2 Å². The van der Waals surface area contributed by atoms with Crippen LogP contribution in [0.5, 0.6) is 0 Å². The lowest BCUT2D eigenvalue weighted by atomic mass is 9.79. The van der Waals surface area contributed by atoms with Crippen molar-refractivity contribution in [3.63, 3.8) is 0 Å². The Morgan fingerprint density at radius 2 is 2.07 bits per heavy atom. The summed E-state index contributed by atoms with van der Waals surface area (Å²) < 4.78 is 10.7. The first kappa shape index (κ1) is 8.95. The number of para-hydroxylation sites is 1. The quantitative estimate of drug-likeness (QED) is 0.809. The van der Waals surface area contributed by atoms with Crippen LogP contribution in [0.2, 0.25) is 0 Å². The molecule has 1 aromatic heterocycles. The smallest absolute Gasteiger partial charge is 0.134 e. The first-order chi connectivity index (χ1) is 7.36. The number of aliphatic hydroxyl groups is 1. The average molecular weight is 204 g/mol. The van der Waals surface area contributed by atoms with Crippen molar-refractivity contribution >= 4 is 11.0 Å². The van der Waals surface area contributed by atoms with E-state index in [2.05, 4.69) is 0 Å². The van der Waals surface area contributed by atoms with Gasteiger partial charge in [-0.05, 0) is 6.07 Å². The van der Waals surface area contributed by atoms with Gasteiger partial charge in [0.05, 0.1) is 31.5 Å². The summed E-state index contributed by atoms with van der Waals surface area (Å²) in [6.07, 6.45) is 1.74. The van der Waals surface area contributed by atoms with Gasteiger partial charge in [0, 0.05) is 10.9 Å². The van der Waals surface area contributed by atoms with Crippen molar-refractivity contribution in [1.29, 1.82) is 0 Å². The molecule has 1 aliphatic heterocycles. The summed E-state index contributed by atoms with van der Waals surface area (Å²) in [5.74, 6) is 0. The van der Waals surface area contributed by atoms with Gasteiger partial charge < -0.3 is 14.3 Å². The molecule has 0 amide bonds. The van der Waals surface area contributed by atoms with E-state index in [0.717, 1.165) is 16.5 Å². The van der Waals surface area contributed by atoms with Crippen LogP contribution in [0, 0.1) is 0 Å². The second kappa shape index (κ2) is 3.08. The number of benzene rings is 1. The Morgan fingerprint density at radius 1 is 1.27 bits per heavy atom. The van der Waals surface area contributed by atoms with Gasteiger partial charge >= 0.3 is 0 Å². The molecule has 78 valence electrons. The molecule has 1 aliphatic rings. The van der Waals surface area contributed by atoms with Gasteiger partial charge in [0.2, 0.25) is 0 Å². The van der Waals surface area contributed by atoms with Crippen LogP contribution in [0.1, 0.15) is 5.56 Å². The van der Waals surface area contributed by atoms with Crippen molar-refractivity contribution in [2.45, 2.75) is 5.41 Å². The predicted octanol–water partition coefficient (Wildman–Crippen LogP) is 1.69. The lowest BCUT2D eigenvalue weighted by molar-refractivity contribution is -0.0837. The zero-order valence-electron chi connectivity index (χ0n) is 8.27. The van der Waals surface area contributed by atoms with Crippen molar-refractivity contribution in [2.75, 3.05) is 19.8 Å². The molecule has 2 heterocycles. The maximum Gasteiger partial charge on any atom is 0.134 e. The Labute approximate surface area is 87.3 Å². The highest BCUT2D eigenvalue weighted by molar-refractivity contribution is 5.82. The second-order valence-electron chi connectivity index (χ2n) is 4.08. The Bertz CT molecular complexity index is 477. The molecule has 0 aliphatic carbocycles. The molecule has 0 radical (unpaired) electrons. The first-order valence-corrected chi connectivity index (χ1v) is 5.01. The highest BCUT2D eigenvalue weighted by Crippen LogP contribution is 2.37. The van der Waals surface area contributed by atoms with Crippen LogP contribution in [0.4, 0.5) is 0 Å². The minimum absolute atomic E-state index is 0.108. The highest BCUT2D eigenvalue weighted by Gasteiger charge is 2.42. The normalized spacial score (nSPS) is 19.0. The third-order valence-corrected chi connectivity index (χ3v) is 3.11. The second-order valence-corrected chi connectivity index (χ2v) is 4.08. The zero-order valence-corrected chi connectivity index (χ0v) is 8.27. The molecule has 0 bridgehead atoms. The molecule has 0 unspecified atom stereocenters. The van der Waals surface area contributed by atoms with Crippen LogP contribution in [0.3, 0.4) is 0 Å². The maximum atomic E-state index is 9.45. The van der Waals surface area contributed by atoms with Gasteiger partial charge in [-0.2, -0.15) is 0 Å². The number of ether oxygens (including phenoxy) is 1. The number of fused-ring (bicyclic) bond motifs is 1. The number of aliphatic hydroxyl groups excluding tert-OH is 1. The number of hydrogen-bond acceptors (Lipinski definition) is 3. The van der Waals surface area contributed by atoms with Crippen LogP contribution in [-0.4, -0.2) is 24.9 Å². The van der Waals surface area contributed by atoms with E-state index in [1.807, 2.05) is 24.3 Å². The van der Waals surface area contributed by atoms with E-state index in [1.54, 1.807) is 6.26 Å². The van der Waals surface area contributed by atoms with Crippen molar-refractivity contribution < 1.29 is 14.3 Å². The highest BCUT2D eigenvalue weighted by atomic mass is 16.5. The van der Waals surface area contributed by atoms with E-state index < -0.39 is 0 Å². The van der Waals surface area contributed by atoms with Crippen LogP contribution >= 0.6 is 0 Å². The predicted molar refractivity (Wildman–Crippen MR) is 55.8 cm³/mol. The summed E-state index contributed by atoms with van der Waals surface area (Å²) in [5.41, 5.74) is 1.69. The molecule has 15 heavy (non-hydrogen) atoms. The fourth-order valence-electron chi connectivity index (χ4n) is 2.07. The molecule has 0 atom stereocenters. The molecular formula is C12H12O3. The molecule has 1 fully saturated rings. The molecule has 3 heteroatoms. The van der Waals surface area contributed by atoms with E-state index in [9.17, 15) is 5.11 Å².